The van der Waals surface area contributed by atoms with Gasteiger partial charge >= 0.3 is 0 Å². The van der Waals surface area contributed by atoms with E-state index in [-0.39, 0.29) is 11.7 Å². The molecule has 4 rings (SSSR count). The summed E-state index contributed by atoms with van der Waals surface area (Å²) in [6.45, 7) is 0.457. The predicted molar refractivity (Wildman–Crippen MR) is 117 cm³/mol. The maximum atomic E-state index is 13.3. The first kappa shape index (κ1) is 20.7. The molecule has 2 aromatic rings. The first-order valence-electron chi connectivity index (χ1n) is 10.5. The fraction of sp³-hybridized carbons (Fsp3) is 0.435. The molecule has 0 radical (unpaired) electrons. The van der Waals surface area contributed by atoms with Crippen molar-refractivity contribution in [2.45, 2.75) is 44.1 Å². The van der Waals surface area contributed by atoms with Gasteiger partial charge in [-0.1, -0.05) is 37.1 Å². The molecule has 0 aromatic heterocycles. The first-order valence-corrected chi connectivity index (χ1v) is 12.1. The van der Waals surface area contributed by atoms with Gasteiger partial charge in [-0.2, -0.15) is 0 Å². The molecule has 1 heterocycles. The molecule has 2 aromatic carbocycles. The highest BCUT2D eigenvalue weighted by Gasteiger charge is 2.39. The van der Waals surface area contributed by atoms with Gasteiger partial charge in [-0.05, 0) is 49.9 Å². The maximum absolute atomic E-state index is 13.3. The standard InChI is InChI=1S/C23H28N2O4S/c1-29-21-12-3-2-11-20(21)23(13-4-5-14-23)24-22(26)18-9-8-10-19(17-18)25-15-6-7-16-30(25,27)28/h2-3,8-12,17H,4-7,13-16H2,1H3,(H,24,26). The number of carbonyl (C=O) groups excluding carboxylic acids is 1. The smallest absolute Gasteiger partial charge is 0.252 e. The lowest BCUT2D eigenvalue weighted by Gasteiger charge is -2.32. The maximum Gasteiger partial charge on any atom is 0.252 e. The number of nitrogens with one attached hydrogen (secondary N) is 1. The van der Waals surface area contributed by atoms with Crippen molar-refractivity contribution in [3.63, 3.8) is 0 Å². The van der Waals surface area contributed by atoms with Gasteiger partial charge < -0.3 is 10.1 Å². The molecule has 0 unspecified atom stereocenters. The van der Waals surface area contributed by atoms with E-state index in [0.717, 1.165) is 43.4 Å². The lowest BCUT2D eigenvalue weighted by Crippen LogP contribution is -2.44. The number of carbonyl (C=O) groups is 1. The highest BCUT2D eigenvalue weighted by Crippen LogP contribution is 2.42. The monoisotopic (exact) mass is 428 g/mol. The summed E-state index contributed by atoms with van der Waals surface area (Å²) in [5, 5.41) is 3.26. The Labute approximate surface area is 178 Å². The van der Waals surface area contributed by atoms with Gasteiger partial charge in [0.1, 0.15) is 5.75 Å². The summed E-state index contributed by atoms with van der Waals surface area (Å²) in [5.74, 6) is 0.729. The van der Waals surface area contributed by atoms with E-state index >= 15 is 0 Å². The van der Waals surface area contributed by atoms with Crippen LogP contribution in [0.4, 0.5) is 5.69 Å². The molecule has 30 heavy (non-hydrogen) atoms. The molecule has 6 nitrogen and oxygen atoms in total. The van der Waals surface area contributed by atoms with Gasteiger partial charge in [0.25, 0.3) is 5.91 Å². The third-order valence-electron chi connectivity index (χ3n) is 6.18. The van der Waals surface area contributed by atoms with E-state index in [1.807, 2.05) is 24.3 Å². The molecule has 160 valence electrons. The topological polar surface area (TPSA) is 75.7 Å². The van der Waals surface area contributed by atoms with E-state index in [9.17, 15) is 13.2 Å². The number of ether oxygens (including phenoxy) is 1. The van der Waals surface area contributed by atoms with Crippen molar-refractivity contribution in [2.24, 2.45) is 0 Å². The largest absolute Gasteiger partial charge is 0.496 e. The third kappa shape index (κ3) is 3.90. The molecule has 1 amide bonds. The quantitative estimate of drug-likeness (QED) is 0.785. The number of anilines is 1. The summed E-state index contributed by atoms with van der Waals surface area (Å²) in [6.07, 6.45) is 5.26. The van der Waals surface area contributed by atoms with Crippen molar-refractivity contribution in [1.82, 2.24) is 5.32 Å². The zero-order chi connectivity index (χ0) is 21.2. The van der Waals surface area contributed by atoms with Crippen LogP contribution in [0.25, 0.3) is 0 Å². The van der Waals surface area contributed by atoms with Crippen LogP contribution in [0.2, 0.25) is 0 Å². The Hall–Kier alpha value is -2.54. The molecule has 1 aliphatic heterocycles. The normalized spacial score (nSPS) is 20.0. The van der Waals surface area contributed by atoms with Gasteiger partial charge in [0.05, 0.1) is 24.1 Å². The van der Waals surface area contributed by atoms with Gasteiger partial charge in [0.2, 0.25) is 10.0 Å². The van der Waals surface area contributed by atoms with Crippen LogP contribution in [0.3, 0.4) is 0 Å². The highest BCUT2D eigenvalue weighted by molar-refractivity contribution is 7.92. The molecule has 1 saturated carbocycles. The molecule has 0 bridgehead atoms. The minimum atomic E-state index is -3.32. The van der Waals surface area contributed by atoms with Gasteiger partial charge in [0, 0.05) is 17.7 Å². The van der Waals surface area contributed by atoms with Crippen molar-refractivity contribution >= 4 is 21.6 Å². The Balaban J connectivity index is 1.63. The molecule has 0 spiro atoms. The third-order valence-corrected chi connectivity index (χ3v) is 8.05. The van der Waals surface area contributed by atoms with Crippen LogP contribution in [0.1, 0.15) is 54.4 Å². The Morgan fingerprint density at radius 1 is 1.03 bits per heavy atom. The van der Waals surface area contributed by atoms with Gasteiger partial charge in [-0.15, -0.1) is 0 Å². The van der Waals surface area contributed by atoms with E-state index in [1.165, 1.54) is 4.31 Å². The number of amides is 1. The van der Waals surface area contributed by atoms with Crippen LogP contribution >= 0.6 is 0 Å². The molecule has 0 atom stereocenters. The lowest BCUT2D eigenvalue weighted by atomic mass is 9.87. The van der Waals surface area contributed by atoms with E-state index in [2.05, 4.69) is 5.32 Å². The Morgan fingerprint density at radius 3 is 2.53 bits per heavy atom. The second kappa shape index (κ2) is 8.30. The zero-order valence-corrected chi connectivity index (χ0v) is 18.1. The lowest BCUT2D eigenvalue weighted by molar-refractivity contribution is 0.0897. The number of hydrogen-bond acceptors (Lipinski definition) is 4. The number of benzene rings is 2. The molecule has 1 N–H and O–H groups in total. The van der Waals surface area contributed by atoms with Crippen LogP contribution in [0.15, 0.2) is 48.5 Å². The highest BCUT2D eigenvalue weighted by atomic mass is 32.2. The first-order chi connectivity index (χ1) is 14.5. The van der Waals surface area contributed by atoms with Crippen molar-refractivity contribution < 1.29 is 17.9 Å². The number of methoxy groups -OCH3 is 1. The predicted octanol–water partition coefficient (Wildman–Crippen LogP) is 3.82. The Kier molecular flexibility index (Phi) is 5.73. The molecule has 1 saturated heterocycles. The van der Waals surface area contributed by atoms with Crippen molar-refractivity contribution in [3.05, 3.63) is 59.7 Å². The summed E-state index contributed by atoms with van der Waals surface area (Å²) in [6, 6.07) is 14.7. The molecular formula is C23H28N2O4S. The number of rotatable bonds is 5. The van der Waals surface area contributed by atoms with E-state index in [0.29, 0.717) is 24.2 Å². The Morgan fingerprint density at radius 2 is 1.80 bits per heavy atom. The zero-order valence-electron chi connectivity index (χ0n) is 17.3. The van der Waals surface area contributed by atoms with E-state index in [1.54, 1.807) is 31.4 Å². The van der Waals surface area contributed by atoms with Crippen molar-refractivity contribution in [3.8, 4) is 5.75 Å². The number of para-hydroxylation sites is 1. The van der Waals surface area contributed by atoms with E-state index < -0.39 is 15.6 Å². The van der Waals surface area contributed by atoms with Gasteiger partial charge in [-0.25, -0.2) is 8.42 Å². The van der Waals surface area contributed by atoms with Gasteiger partial charge in [-0.3, -0.25) is 9.10 Å². The molecule has 2 fully saturated rings. The number of nitrogens with zero attached hydrogens (tertiary/aromatic N) is 1. The number of hydrogen-bond donors (Lipinski definition) is 1. The van der Waals surface area contributed by atoms with Crippen molar-refractivity contribution in [1.29, 1.82) is 0 Å². The second-order valence-corrected chi connectivity index (χ2v) is 10.1. The fourth-order valence-electron chi connectivity index (χ4n) is 4.65. The molecule has 2 aliphatic rings. The minimum Gasteiger partial charge on any atom is -0.496 e. The van der Waals surface area contributed by atoms with E-state index in [4.69, 9.17) is 4.74 Å². The summed E-state index contributed by atoms with van der Waals surface area (Å²) in [7, 11) is -1.68. The van der Waals surface area contributed by atoms with Crippen LogP contribution in [0, 0.1) is 0 Å². The second-order valence-electron chi connectivity index (χ2n) is 8.09. The summed E-state index contributed by atoms with van der Waals surface area (Å²) in [4.78, 5) is 13.3. The van der Waals surface area contributed by atoms with Crippen LogP contribution < -0.4 is 14.4 Å². The van der Waals surface area contributed by atoms with Crippen LogP contribution in [-0.2, 0) is 15.6 Å². The van der Waals surface area contributed by atoms with Gasteiger partial charge in [0.15, 0.2) is 0 Å². The fourth-order valence-corrected chi connectivity index (χ4v) is 6.28. The SMILES string of the molecule is COc1ccccc1C1(NC(=O)c2cccc(N3CCCCS3(=O)=O)c2)CCCC1. The molecule has 7 heteroatoms. The van der Waals surface area contributed by atoms with Crippen LogP contribution in [0.5, 0.6) is 5.75 Å². The summed E-state index contributed by atoms with van der Waals surface area (Å²) < 4.78 is 31.9. The summed E-state index contributed by atoms with van der Waals surface area (Å²) in [5.41, 5.74) is 1.54. The summed E-state index contributed by atoms with van der Waals surface area (Å²) >= 11 is 0. The molecular weight excluding hydrogens is 400 g/mol. The van der Waals surface area contributed by atoms with Crippen molar-refractivity contribution in [2.75, 3.05) is 23.7 Å². The average Bonchev–Trinajstić information content (AvgIpc) is 3.23. The molecule has 1 aliphatic carbocycles. The minimum absolute atomic E-state index is 0.153. The number of sulfonamides is 1. The van der Waals surface area contributed by atoms with Crippen LogP contribution in [-0.4, -0.2) is 33.7 Å². The average molecular weight is 429 g/mol. The Bertz CT molecular complexity index is 1030.